The SMILES string of the molecule is FC1CCC2CCCNC12. The molecule has 1 saturated heterocycles. The van der Waals surface area contributed by atoms with Gasteiger partial charge in [0.25, 0.3) is 0 Å². The summed E-state index contributed by atoms with van der Waals surface area (Å²) in [4.78, 5) is 0. The van der Waals surface area contributed by atoms with Gasteiger partial charge in [-0.2, -0.15) is 0 Å². The molecule has 2 aliphatic rings. The largest absolute Gasteiger partial charge is 0.311 e. The maximum absolute atomic E-state index is 13.0. The van der Waals surface area contributed by atoms with E-state index in [1.165, 1.54) is 12.8 Å². The Balaban J connectivity index is 2.01. The number of alkyl halides is 1. The van der Waals surface area contributed by atoms with Crippen LogP contribution in [-0.4, -0.2) is 18.8 Å². The standard InChI is InChI=1S/C8H14FN/c9-7-4-3-6-2-1-5-10-8(6)7/h6-8,10H,1-5H2. The molecule has 2 fully saturated rings. The van der Waals surface area contributed by atoms with Crippen LogP contribution < -0.4 is 5.32 Å². The monoisotopic (exact) mass is 143 g/mol. The maximum atomic E-state index is 13.0. The van der Waals surface area contributed by atoms with Crippen molar-refractivity contribution in [1.29, 1.82) is 0 Å². The molecule has 2 rings (SSSR count). The highest BCUT2D eigenvalue weighted by Crippen LogP contribution is 2.33. The Morgan fingerprint density at radius 3 is 2.90 bits per heavy atom. The van der Waals surface area contributed by atoms with E-state index >= 15 is 0 Å². The number of rotatable bonds is 0. The molecule has 3 unspecified atom stereocenters. The minimum absolute atomic E-state index is 0.216. The Morgan fingerprint density at radius 2 is 2.10 bits per heavy atom. The summed E-state index contributed by atoms with van der Waals surface area (Å²) in [5.74, 6) is 0.656. The van der Waals surface area contributed by atoms with Crippen LogP contribution in [0.25, 0.3) is 0 Å². The van der Waals surface area contributed by atoms with Crippen molar-refractivity contribution in [2.45, 2.75) is 37.9 Å². The van der Waals surface area contributed by atoms with Crippen molar-refractivity contribution < 1.29 is 4.39 Å². The first-order valence-corrected chi connectivity index (χ1v) is 4.25. The van der Waals surface area contributed by atoms with Gasteiger partial charge >= 0.3 is 0 Å². The second kappa shape index (κ2) is 2.50. The summed E-state index contributed by atoms with van der Waals surface area (Å²) >= 11 is 0. The van der Waals surface area contributed by atoms with Crippen LogP contribution in [0.3, 0.4) is 0 Å². The lowest BCUT2D eigenvalue weighted by atomic mass is 9.94. The van der Waals surface area contributed by atoms with Gasteiger partial charge in [-0.1, -0.05) is 0 Å². The van der Waals surface area contributed by atoms with Crippen LogP contribution in [0.5, 0.6) is 0 Å². The molecular weight excluding hydrogens is 129 g/mol. The Labute approximate surface area is 61.0 Å². The van der Waals surface area contributed by atoms with Gasteiger partial charge in [-0.3, -0.25) is 0 Å². The molecule has 0 aromatic carbocycles. The number of halogens is 1. The van der Waals surface area contributed by atoms with Crippen molar-refractivity contribution in [1.82, 2.24) is 5.32 Å². The molecule has 0 aromatic heterocycles. The van der Waals surface area contributed by atoms with E-state index in [-0.39, 0.29) is 6.04 Å². The van der Waals surface area contributed by atoms with Crippen molar-refractivity contribution in [3.05, 3.63) is 0 Å². The molecule has 2 heteroatoms. The van der Waals surface area contributed by atoms with E-state index in [0.717, 1.165) is 19.4 Å². The molecular formula is C8H14FN. The van der Waals surface area contributed by atoms with Crippen LogP contribution in [0.2, 0.25) is 0 Å². The average molecular weight is 143 g/mol. The zero-order valence-electron chi connectivity index (χ0n) is 6.15. The normalized spacial score (nSPS) is 47.1. The molecule has 1 aliphatic carbocycles. The highest BCUT2D eigenvalue weighted by Gasteiger charge is 2.37. The fourth-order valence-corrected chi connectivity index (χ4v) is 2.28. The summed E-state index contributed by atoms with van der Waals surface area (Å²) in [6, 6.07) is 0.216. The summed E-state index contributed by atoms with van der Waals surface area (Å²) in [7, 11) is 0. The fourth-order valence-electron chi connectivity index (χ4n) is 2.28. The summed E-state index contributed by atoms with van der Waals surface area (Å²) < 4.78 is 13.0. The van der Waals surface area contributed by atoms with E-state index in [1.54, 1.807) is 0 Å². The Bertz CT molecular complexity index is 124. The van der Waals surface area contributed by atoms with E-state index in [2.05, 4.69) is 5.32 Å². The van der Waals surface area contributed by atoms with Gasteiger partial charge in [0.05, 0.1) is 0 Å². The van der Waals surface area contributed by atoms with Crippen molar-refractivity contribution in [3.8, 4) is 0 Å². The number of nitrogens with one attached hydrogen (secondary N) is 1. The molecule has 0 amide bonds. The van der Waals surface area contributed by atoms with Gasteiger partial charge in [-0.05, 0) is 38.1 Å². The van der Waals surface area contributed by atoms with E-state index in [0.29, 0.717) is 5.92 Å². The third-order valence-corrected chi connectivity index (χ3v) is 2.84. The van der Waals surface area contributed by atoms with Crippen LogP contribution in [0.15, 0.2) is 0 Å². The topological polar surface area (TPSA) is 12.0 Å². The molecule has 0 radical (unpaired) electrons. The molecule has 1 N–H and O–H groups in total. The molecule has 3 atom stereocenters. The highest BCUT2D eigenvalue weighted by atomic mass is 19.1. The molecule has 1 heterocycles. The summed E-state index contributed by atoms with van der Waals surface area (Å²) in [5.41, 5.74) is 0. The Hall–Kier alpha value is -0.110. The second-order valence-electron chi connectivity index (χ2n) is 3.48. The number of piperidine rings is 1. The third-order valence-electron chi connectivity index (χ3n) is 2.84. The zero-order chi connectivity index (χ0) is 6.97. The number of hydrogen-bond donors (Lipinski definition) is 1. The van der Waals surface area contributed by atoms with Crippen LogP contribution in [0.1, 0.15) is 25.7 Å². The molecule has 0 spiro atoms. The van der Waals surface area contributed by atoms with Crippen molar-refractivity contribution >= 4 is 0 Å². The molecule has 58 valence electrons. The summed E-state index contributed by atoms with van der Waals surface area (Å²) in [5, 5.41) is 3.26. The Morgan fingerprint density at radius 1 is 1.20 bits per heavy atom. The second-order valence-corrected chi connectivity index (χ2v) is 3.48. The van der Waals surface area contributed by atoms with Crippen LogP contribution >= 0.6 is 0 Å². The predicted octanol–water partition coefficient (Wildman–Crippen LogP) is 1.49. The molecule has 0 bridgehead atoms. The van der Waals surface area contributed by atoms with Gasteiger partial charge in [0.15, 0.2) is 0 Å². The Kier molecular flexibility index (Phi) is 1.65. The first kappa shape index (κ1) is 6.59. The molecule has 1 aliphatic heterocycles. The first-order chi connectivity index (χ1) is 4.88. The quantitative estimate of drug-likeness (QED) is 0.541. The molecule has 10 heavy (non-hydrogen) atoms. The van der Waals surface area contributed by atoms with Crippen molar-refractivity contribution in [3.63, 3.8) is 0 Å². The van der Waals surface area contributed by atoms with E-state index in [9.17, 15) is 4.39 Å². The van der Waals surface area contributed by atoms with Gasteiger partial charge < -0.3 is 5.32 Å². The summed E-state index contributed by atoms with van der Waals surface area (Å²) in [6.45, 7) is 1.03. The van der Waals surface area contributed by atoms with E-state index < -0.39 is 6.17 Å². The molecule has 0 aromatic rings. The predicted molar refractivity (Wildman–Crippen MR) is 38.6 cm³/mol. The van der Waals surface area contributed by atoms with Crippen molar-refractivity contribution in [2.75, 3.05) is 6.54 Å². The van der Waals surface area contributed by atoms with Gasteiger partial charge in [-0.15, -0.1) is 0 Å². The smallest absolute Gasteiger partial charge is 0.116 e. The zero-order valence-corrected chi connectivity index (χ0v) is 6.15. The van der Waals surface area contributed by atoms with Crippen LogP contribution in [0.4, 0.5) is 4.39 Å². The third kappa shape index (κ3) is 0.947. The van der Waals surface area contributed by atoms with E-state index in [1.807, 2.05) is 0 Å². The van der Waals surface area contributed by atoms with Gasteiger partial charge in [0.2, 0.25) is 0 Å². The number of hydrogen-bond acceptors (Lipinski definition) is 1. The average Bonchev–Trinajstić information content (AvgIpc) is 2.34. The van der Waals surface area contributed by atoms with Crippen LogP contribution in [0, 0.1) is 5.92 Å². The van der Waals surface area contributed by atoms with Gasteiger partial charge in [0.1, 0.15) is 6.17 Å². The van der Waals surface area contributed by atoms with E-state index in [4.69, 9.17) is 0 Å². The first-order valence-electron chi connectivity index (χ1n) is 4.25. The van der Waals surface area contributed by atoms with Gasteiger partial charge in [-0.25, -0.2) is 4.39 Å². The minimum Gasteiger partial charge on any atom is -0.311 e. The lowest BCUT2D eigenvalue weighted by Crippen LogP contribution is -2.42. The lowest BCUT2D eigenvalue weighted by molar-refractivity contribution is 0.223. The highest BCUT2D eigenvalue weighted by molar-refractivity contribution is 4.92. The van der Waals surface area contributed by atoms with Gasteiger partial charge in [0, 0.05) is 6.04 Å². The molecule has 1 saturated carbocycles. The summed E-state index contributed by atoms with van der Waals surface area (Å²) in [6.07, 6.45) is 3.85. The number of fused-ring (bicyclic) bond motifs is 1. The maximum Gasteiger partial charge on any atom is 0.116 e. The molecule has 1 nitrogen and oxygen atoms in total. The minimum atomic E-state index is -0.551. The van der Waals surface area contributed by atoms with Crippen LogP contribution in [-0.2, 0) is 0 Å². The lowest BCUT2D eigenvalue weighted by Gasteiger charge is -2.27. The van der Waals surface area contributed by atoms with Crippen molar-refractivity contribution in [2.24, 2.45) is 5.92 Å². The fraction of sp³-hybridized carbons (Fsp3) is 1.00.